The van der Waals surface area contributed by atoms with Crippen molar-refractivity contribution in [3.8, 4) is 0 Å². The Labute approximate surface area is 121 Å². The number of carbonyl (C=O) groups excluding carboxylic acids is 2. The van der Waals surface area contributed by atoms with Crippen LogP contribution in [0, 0.1) is 0 Å². The molecule has 1 aromatic carbocycles. The Morgan fingerprint density at radius 1 is 1.21 bits per heavy atom. The third kappa shape index (κ3) is 6.35. The highest BCUT2D eigenvalue weighted by molar-refractivity contribution is 9.10. The number of nitrogens with one attached hydrogen (secondary N) is 3. The van der Waals surface area contributed by atoms with E-state index in [1.807, 2.05) is 31.2 Å². The monoisotopic (exact) mass is 327 g/mol. The van der Waals surface area contributed by atoms with E-state index in [-0.39, 0.29) is 18.4 Å². The van der Waals surface area contributed by atoms with Gasteiger partial charge in [-0.15, -0.1) is 0 Å². The van der Waals surface area contributed by atoms with Crippen LogP contribution in [0.4, 0.5) is 5.69 Å². The van der Waals surface area contributed by atoms with Gasteiger partial charge in [0.05, 0.1) is 12.2 Å². The summed E-state index contributed by atoms with van der Waals surface area (Å²) in [6.07, 6.45) is 0.371. The molecule has 2 amide bonds. The number of anilines is 1. The zero-order valence-electron chi connectivity index (χ0n) is 10.8. The summed E-state index contributed by atoms with van der Waals surface area (Å²) in [5.41, 5.74) is 0.734. The van der Waals surface area contributed by atoms with Gasteiger partial charge in [-0.3, -0.25) is 9.59 Å². The van der Waals surface area contributed by atoms with Crippen LogP contribution in [0.3, 0.4) is 0 Å². The van der Waals surface area contributed by atoms with Gasteiger partial charge in [0.15, 0.2) is 0 Å². The van der Waals surface area contributed by atoms with E-state index in [9.17, 15) is 9.59 Å². The third-order valence-corrected chi connectivity index (χ3v) is 3.03. The maximum Gasteiger partial charge on any atom is 0.238 e. The minimum Gasteiger partial charge on any atom is -0.356 e. The van der Waals surface area contributed by atoms with Crippen LogP contribution in [0.5, 0.6) is 0 Å². The molecule has 0 aromatic heterocycles. The van der Waals surface area contributed by atoms with Crippen LogP contribution in [0.15, 0.2) is 28.7 Å². The summed E-state index contributed by atoms with van der Waals surface area (Å²) in [6, 6.07) is 7.40. The molecule has 0 aliphatic carbocycles. The molecule has 0 spiro atoms. The number of amides is 2. The quantitative estimate of drug-likeness (QED) is 0.665. The molecular formula is C13H18BrN3O2. The van der Waals surface area contributed by atoms with Crippen molar-refractivity contribution in [2.75, 3.05) is 25.0 Å². The molecule has 1 rings (SSSR count). The highest BCUT2D eigenvalue weighted by atomic mass is 79.9. The van der Waals surface area contributed by atoms with E-state index in [4.69, 9.17) is 0 Å². The molecule has 0 unspecified atom stereocenters. The highest BCUT2D eigenvalue weighted by Gasteiger charge is 2.05. The van der Waals surface area contributed by atoms with E-state index in [2.05, 4.69) is 31.9 Å². The Hall–Kier alpha value is -1.40. The molecule has 19 heavy (non-hydrogen) atoms. The van der Waals surface area contributed by atoms with Gasteiger partial charge in [0.2, 0.25) is 11.8 Å². The van der Waals surface area contributed by atoms with Crippen molar-refractivity contribution in [3.63, 3.8) is 0 Å². The fourth-order valence-electron chi connectivity index (χ4n) is 1.45. The number of halogens is 1. The van der Waals surface area contributed by atoms with Crippen LogP contribution in [-0.2, 0) is 9.59 Å². The average Bonchev–Trinajstić information content (AvgIpc) is 2.38. The van der Waals surface area contributed by atoms with Crippen LogP contribution >= 0.6 is 15.9 Å². The number of carbonyl (C=O) groups is 2. The molecule has 0 saturated heterocycles. The fourth-order valence-corrected chi connectivity index (χ4v) is 1.83. The summed E-state index contributed by atoms with van der Waals surface area (Å²) in [7, 11) is 0. The van der Waals surface area contributed by atoms with Crippen molar-refractivity contribution in [1.29, 1.82) is 0 Å². The Balaban J connectivity index is 2.22. The molecule has 104 valence electrons. The van der Waals surface area contributed by atoms with Crippen molar-refractivity contribution in [1.82, 2.24) is 10.6 Å². The topological polar surface area (TPSA) is 70.2 Å². The fraction of sp³-hybridized carbons (Fsp3) is 0.385. The lowest BCUT2D eigenvalue weighted by Gasteiger charge is -2.08. The standard InChI is InChI=1S/C13H18BrN3O2/c1-2-16-12(18)7-8-15-9-13(19)17-11-6-4-3-5-10(11)14/h3-6,15H,2,7-9H2,1H3,(H,16,18)(H,17,19). The summed E-state index contributed by atoms with van der Waals surface area (Å²) in [5.74, 6) is -0.149. The van der Waals surface area contributed by atoms with Gasteiger partial charge in [-0.25, -0.2) is 0 Å². The zero-order valence-corrected chi connectivity index (χ0v) is 12.4. The molecule has 0 aliphatic heterocycles. The maximum absolute atomic E-state index is 11.6. The highest BCUT2D eigenvalue weighted by Crippen LogP contribution is 2.20. The molecule has 0 heterocycles. The lowest BCUT2D eigenvalue weighted by atomic mass is 10.3. The van der Waals surface area contributed by atoms with E-state index < -0.39 is 0 Å². The second-order valence-electron chi connectivity index (χ2n) is 3.91. The molecule has 3 N–H and O–H groups in total. The van der Waals surface area contributed by atoms with E-state index >= 15 is 0 Å². The van der Waals surface area contributed by atoms with Crippen LogP contribution in [0.2, 0.25) is 0 Å². The average molecular weight is 328 g/mol. The lowest BCUT2D eigenvalue weighted by Crippen LogP contribution is -2.32. The number of para-hydroxylation sites is 1. The normalized spacial score (nSPS) is 10.0. The van der Waals surface area contributed by atoms with E-state index in [1.165, 1.54) is 0 Å². The first-order chi connectivity index (χ1) is 9.13. The van der Waals surface area contributed by atoms with Crippen molar-refractivity contribution in [2.45, 2.75) is 13.3 Å². The summed E-state index contributed by atoms with van der Waals surface area (Å²) >= 11 is 3.35. The first-order valence-electron chi connectivity index (χ1n) is 6.15. The molecule has 0 atom stereocenters. The molecule has 5 nitrogen and oxygen atoms in total. The van der Waals surface area contributed by atoms with Crippen molar-refractivity contribution in [3.05, 3.63) is 28.7 Å². The second-order valence-corrected chi connectivity index (χ2v) is 4.76. The minimum atomic E-state index is -0.136. The van der Waals surface area contributed by atoms with Gasteiger partial charge < -0.3 is 16.0 Å². The van der Waals surface area contributed by atoms with Gasteiger partial charge in [0.1, 0.15) is 0 Å². The summed E-state index contributed by atoms with van der Waals surface area (Å²) in [5, 5.41) is 8.40. The van der Waals surface area contributed by atoms with Crippen molar-refractivity contribution < 1.29 is 9.59 Å². The van der Waals surface area contributed by atoms with Crippen molar-refractivity contribution in [2.24, 2.45) is 0 Å². The zero-order chi connectivity index (χ0) is 14.1. The van der Waals surface area contributed by atoms with Gasteiger partial charge in [-0.1, -0.05) is 12.1 Å². The van der Waals surface area contributed by atoms with Gasteiger partial charge >= 0.3 is 0 Å². The Morgan fingerprint density at radius 2 is 1.95 bits per heavy atom. The van der Waals surface area contributed by atoms with Crippen LogP contribution in [0.1, 0.15) is 13.3 Å². The largest absolute Gasteiger partial charge is 0.356 e. The number of benzene rings is 1. The molecule has 0 radical (unpaired) electrons. The first-order valence-corrected chi connectivity index (χ1v) is 6.94. The molecular weight excluding hydrogens is 310 g/mol. The minimum absolute atomic E-state index is 0.0128. The Morgan fingerprint density at radius 3 is 2.63 bits per heavy atom. The third-order valence-electron chi connectivity index (χ3n) is 2.34. The Kier molecular flexibility index (Phi) is 7.14. The molecule has 1 aromatic rings. The van der Waals surface area contributed by atoms with E-state index in [0.29, 0.717) is 19.5 Å². The summed E-state index contributed by atoms with van der Waals surface area (Å²) in [6.45, 7) is 3.16. The summed E-state index contributed by atoms with van der Waals surface area (Å²) in [4.78, 5) is 22.8. The smallest absolute Gasteiger partial charge is 0.238 e. The SMILES string of the molecule is CCNC(=O)CCNCC(=O)Nc1ccccc1Br. The Bertz CT molecular complexity index is 438. The van der Waals surface area contributed by atoms with Gasteiger partial charge in [0, 0.05) is 24.0 Å². The van der Waals surface area contributed by atoms with Gasteiger partial charge in [0.25, 0.3) is 0 Å². The molecule has 0 saturated carbocycles. The lowest BCUT2D eigenvalue weighted by molar-refractivity contribution is -0.121. The van der Waals surface area contributed by atoms with Crippen LogP contribution in [0.25, 0.3) is 0 Å². The summed E-state index contributed by atoms with van der Waals surface area (Å²) < 4.78 is 0.839. The van der Waals surface area contributed by atoms with Gasteiger partial charge in [-0.2, -0.15) is 0 Å². The predicted molar refractivity (Wildman–Crippen MR) is 78.9 cm³/mol. The van der Waals surface area contributed by atoms with Crippen LogP contribution < -0.4 is 16.0 Å². The second kappa shape index (κ2) is 8.66. The molecule has 0 fully saturated rings. The van der Waals surface area contributed by atoms with E-state index in [1.54, 1.807) is 0 Å². The predicted octanol–water partition coefficient (Wildman–Crippen LogP) is 1.50. The molecule has 6 heteroatoms. The number of hydrogen-bond acceptors (Lipinski definition) is 3. The van der Waals surface area contributed by atoms with E-state index in [0.717, 1.165) is 10.2 Å². The molecule has 0 bridgehead atoms. The molecule has 0 aliphatic rings. The first kappa shape index (κ1) is 15.7. The van der Waals surface area contributed by atoms with Crippen LogP contribution in [-0.4, -0.2) is 31.4 Å². The van der Waals surface area contributed by atoms with Crippen molar-refractivity contribution >= 4 is 33.4 Å². The number of rotatable bonds is 7. The van der Waals surface area contributed by atoms with Gasteiger partial charge in [-0.05, 0) is 35.0 Å². The number of hydrogen-bond donors (Lipinski definition) is 3. The maximum atomic E-state index is 11.6.